The molecule has 0 aliphatic rings. The van der Waals surface area contributed by atoms with Crippen LogP contribution < -0.4 is 0 Å². The highest BCUT2D eigenvalue weighted by molar-refractivity contribution is 7.99. The topological polar surface area (TPSA) is 51.6 Å². The van der Waals surface area contributed by atoms with Gasteiger partial charge in [-0.15, -0.1) is 0 Å². The van der Waals surface area contributed by atoms with Gasteiger partial charge in [0.2, 0.25) is 0 Å². The summed E-state index contributed by atoms with van der Waals surface area (Å²) in [5.41, 5.74) is -0.141. The number of hydrogen-bond donors (Lipinski definition) is 0. The fraction of sp³-hybridized carbons (Fsp3) is 0.333. The predicted molar refractivity (Wildman–Crippen MR) is 71.9 cm³/mol. The number of hydrogen-bond acceptors (Lipinski definition) is 5. The normalized spacial score (nSPS) is 11.6. The summed E-state index contributed by atoms with van der Waals surface area (Å²) in [7, 11) is 0. The predicted octanol–water partition coefficient (Wildman–Crippen LogP) is 3.37. The van der Waals surface area contributed by atoms with Gasteiger partial charge >= 0.3 is 0 Å². The van der Waals surface area contributed by atoms with Gasteiger partial charge in [0.05, 0.1) is 0 Å². The third-order valence-electron chi connectivity index (χ3n) is 2.08. The lowest BCUT2D eigenvalue weighted by atomic mass is 9.96. The van der Waals surface area contributed by atoms with Crippen LogP contribution in [0, 0.1) is 0 Å². The summed E-state index contributed by atoms with van der Waals surface area (Å²) in [6.07, 6.45) is 3.39. The van der Waals surface area contributed by atoms with Crippen LogP contribution >= 0.6 is 23.4 Å². The molecular formula is C12H13ClN4S. The van der Waals surface area contributed by atoms with Crippen LogP contribution in [0.4, 0.5) is 0 Å². The molecule has 0 amide bonds. The zero-order valence-electron chi connectivity index (χ0n) is 10.4. The number of halogens is 1. The Hall–Kier alpha value is -1.20. The average molecular weight is 281 g/mol. The maximum Gasteiger partial charge on any atom is 0.193 e. The molecule has 0 bridgehead atoms. The van der Waals surface area contributed by atoms with E-state index in [1.807, 2.05) is 20.8 Å². The molecule has 0 spiro atoms. The Bertz CT molecular complexity index is 540. The third-order valence-corrected chi connectivity index (χ3v) is 3.09. The quantitative estimate of drug-likeness (QED) is 0.623. The number of nitrogens with zero attached hydrogens (tertiary/aromatic N) is 4. The van der Waals surface area contributed by atoms with Crippen molar-refractivity contribution in [3.8, 4) is 0 Å². The fourth-order valence-corrected chi connectivity index (χ4v) is 2.18. The largest absolute Gasteiger partial charge is 0.231 e. The molecule has 2 heterocycles. The molecule has 94 valence electrons. The summed E-state index contributed by atoms with van der Waals surface area (Å²) in [6, 6.07) is 3.50. The lowest BCUT2D eigenvalue weighted by molar-refractivity contribution is 0.538. The molecular weight excluding hydrogens is 268 g/mol. The van der Waals surface area contributed by atoms with E-state index in [1.165, 1.54) is 11.8 Å². The first-order valence-electron chi connectivity index (χ1n) is 5.45. The van der Waals surface area contributed by atoms with E-state index in [4.69, 9.17) is 11.6 Å². The molecule has 4 nitrogen and oxygen atoms in total. The van der Waals surface area contributed by atoms with E-state index < -0.39 is 0 Å². The Balaban J connectivity index is 2.32. The molecule has 0 aliphatic heterocycles. The van der Waals surface area contributed by atoms with Gasteiger partial charge in [0.1, 0.15) is 16.0 Å². The van der Waals surface area contributed by atoms with Gasteiger partial charge in [-0.05, 0) is 17.8 Å². The molecule has 6 heteroatoms. The van der Waals surface area contributed by atoms with Gasteiger partial charge in [-0.2, -0.15) is 0 Å². The van der Waals surface area contributed by atoms with Crippen LogP contribution in [0.2, 0.25) is 5.15 Å². The minimum atomic E-state index is -0.141. The summed E-state index contributed by atoms with van der Waals surface area (Å²) >= 11 is 7.39. The highest BCUT2D eigenvalue weighted by atomic mass is 35.5. The van der Waals surface area contributed by atoms with Gasteiger partial charge in [-0.25, -0.2) is 19.9 Å². The van der Waals surface area contributed by atoms with E-state index in [-0.39, 0.29) is 5.41 Å². The van der Waals surface area contributed by atoms with Crippen molar-refractivity contribution in [2.45, 2.75) is 36.4 Å². The second kappa shape index (κ2) is 5.20. The Labute approximate surface area is 115 Å². The van der Waals surface area contributed by atoms with Crippen molar-refractivity contribution in [2.75, 3.05) is 0 Å². The van der Waals surface area contributed by atoms with Crippen LogP contribution in [0.5, 0.6) is 0 Å². The molecule has 0 aromatic carbocycles. The van der Waals surface area contributed by atoms with Crippen molar-refractivity contribution in [3.63, 3.8) is 0 Å². The van der Waals surface area contributed by atoms with Crippen LogP contribution in [-0.4, -0.2) is 19.9 Å². The van der Waals surface area contributed by atoms with Crippen molar-refractivity contribution in [1.29, 1.82) is 0 Å². The molecule has 0 N–H and O–H groups in total. The molecule has 0 atom stereocenters. The number of rotatable bonds is 2. The zero-order valence-corrected chi connectivity index (χ0v) is 12.0. The Kier molecular flexibility index (Phi) is 3.82. The molecule has 2 rings (SSSR count). The second-order valence-electron chi connectivity index (χ2n) is 4.74. The van der Waals surface area contributed by atoms with E-state index in [0.29, 0.717) is 16.1 Å². The van der Waals surface area contributed by atoms with Gasteiger partial charge in [-0.1, -0.05) is 32.4 Å². The van der Waals surface area contributed by atoms with Gasteiger partial charge in [0.15, 0.2) is 5.16 Å². The smallest absolute Gasteiger partial charge is 0.193 e. The first kappa shape index (κ1) is 13.2. The molecule has 0 aliphatic carbocycles. The Morgan fingerprint density at radius 3 is 2.39 bits per heavy atom. The van der Waals surface area contributed by atoms with Crippen molar-refractivity contribution in [1.82, 2.24) is 19.9 Å². The van der Waals surface area contributed by atoms with Crippen LogP contribution in [0.1, 0.15) is 26.6 Å². The molecule has 0 saturated carbocycles. The summed E-state index contributed by atoms with van der Waals surface area (Å²) in [6.45, 7) is 6.14. The minimum absolute atomic E-state index is 0.141. The van der Waals surface area contributed by atoms with Gasteiger partial charge in [0.25, 0.3) is 0 Å². The minimum Gasteiger partial charge on any atom is -0.231 e. The monoisotopic (exact) mass is 280 g/mol. The van der Waals surface area contributed by atoms with E-state index in [0.717, 1.165) is 5.03 Å². The van der Waals surface area contributed by atoms with Crippen molar-refractivity contribution < 1.29 is 0 Å². The zero-order chi connectivity index (χ0) is 13.2. The lowest BCUT2D eigenvalue weighted by Gasteiger charge is -2.17. The summed E-state index contributed by atoms with van der Waals surface area (Å²) in [5, 5.41) is 1.84. The third kappa shape index (κ3) is 3.40. The fourth-order valence-electron chi connectivity index (χ4n) is 1.22. The maximum absolute atomic E-state index is 6.02. The van der Waals surface area contributed by atoms with E-state index in [1.54, 1.807) is 24.5 Å². The first-order chi connectivity index (χ1) is 8.45. The summed E-state index contributed by atoms with van der Waals surface area (Å²) in [4.78, 5) is 17.0. The van der Waals surface area contributed by atoms with E-state index >= 15 is 0 Å². The van der Waals surface area contributed by atoms with Crippen LogP contribution in [0.25, 0.3) is 0 Å². The van der Waals surface area contributed by atoms with Gasteiger partial charge in [0, 0.05) is 23.9 Å². The summed E-state index contributed by atoms with van der Waals surface area (Å²) in [5.74, 6) is 0.716. The van der Waals surface area contributed by atoms with Crippen LogP contribution in [0.3, 0.4) is 0 Å². The van der Waals surface area contributed by atoms with Crippen LogP contribution in [-0.2, 0) is 5.41 Å². The number of aromatic nitrogens is 4. The molecule has 2 aromatic heterocycles. The van der Waals surface area contributed by atoms with Crippen molar-refractivity contribution >= 4 is 23.4 Å². The first-order valence-corrected chi connectivity index (χ1v) is 6.64. The van der Waals surface area contributed by atoms with Crippen LogP contribution in [0.15, 0.2) is 34.7 Å². The highest BCUT2D eigenvalue weighted by Gasteiger charge is 2.19. The molecule has 0 fully saturated rings. The molecule has 2 aromatic rings. The highest BCUT2D eigenvalue weighted by Crippen LogP contribution is 2.27. The Morgan fingerprint density at radius 1 is 1.11 bits per heavy atom. The second-order valence-corrected chi connectivity index (χ2v) is 6.11. The molecule has 0 radical (unpaired) electrons. The van der Waals surface area contributed by atoms with E-state index in [9.17, 15) is 0 Å². The lowest BCUT2D eigenvalue weighted by Crippen LogP contribution is -2.16. The standard InChI is InChI=1S/C12H13ClN4S/c1-12(2,3)10-16-8(13)7-9(17-10)18-11-14-5-4-6-15-11/h4-7H,1-3H3. The van der Waals surface area contributed by atoms with Crippen molar-refractivity contribution in [2.24, 2.45) is 0 Å². The van der Waals surface area contributed by atoms with Gasteiger partial charge in [-0.3, -0.25) is 0 Å². The van der Waals surface area contributed by atoms with Crippen molar-refractivity contribution in [3.05, 3.63) is 35.5 Å². The summed E-state index contributed by atoms with van der Waals surface area (Å²) < 4.78 is 0. The molecule has 0 saturated heterocycles. The molecule has 18 heavy (non-hydrogen) atoms. The average Bonchev–Trinajstić information content (AvgIpc) is 2.28. The Morgan fingerprint density at radius 2 is 1.78 bits per heavy atom. The maximum atomic E-state index is 6.02. The molecule has 0 unspecified atom stereocenters. The SMILES string of the molecule is CC(C)(C)c1nc(Cl)cc(Sc2ncccn2)n1. The van der Waals surface area contributed by atoms with Gasteiger partial charge < -0.3 is 0 Å². The van der Waals surface area contributed by atoms with E-state index in [2.05, 4.69) is 19.9 Å².